The van der Waals surface area contributed by atoms with E-state index in [-0.39, 0.29) is 12.2 Å². The Balaban J connectivity index is 3.00. The van der Waals surface area contributed by atoms with Gasteiger partial charge in [-0.2, -0.15) is 0 Å². The third-order valence-electron chi connectivity index (χ3n) is 1.81. The van der Waals surface area contributed by atoms with Crippen LogP contribution >= 0.6 is 43.5 Å². The molecule has 0 saturated carbocycles. The van der Waals surface area contributed by atoms with Gasteiger partial charge in [0.2, 0.25) is 0 Å². The maximum atomic E-state index is 11.2. The lowest BCUT2D eigenvalue weighted by Gasteiger charge is -2.04. The van der Waals surface area contributed by atoms with Crippen molar-refractivity contribution < 1.29 is 9.59 Å². The Morgan fingerprint density at radius 1 is 1.33 bits per heavy atom. The van der Waals surface area contributed by atoms with Crippen molar-refractivity contribution in [3.05, 3.63) is 33.8 Å². The number of rotatable bonds is 4. The molecule has 2 nitrogen and oxygen atoms in total. The Hall–Kier alpha value is -0.190. The fraction of sp³-hybridized carbons (Fsp3) is 0.200. The van der Waals surface area contributed by atoms with Crippen molar-refractivity contribution in [3.63, 3.8) is 0 Å². The zero-order valence-electron chi connectivity index (χ0n) is 7.60. The lowest BCUT2D eigenvalue weighted by atomic mass is 10.1. The summed E-state index contributed by atoms with van der Waals surface area (Å²) in [6.07, 6.45) is 0.282. The van der Waals surface area contributed by atoms with Crippen molar-refractivity contribution >= 4 is 54.5 Å². The van der Waals surface area contributed by atoms with Crippen LogP contribution in [0.5, 0.6) is 0 Å². The molecule has 0 saturated heterocycles. The van der Waals surface area contributed by atoms with Crippen molar-refractivity contribution in [1.82, 2.24) is 0 Å². The van der Waals surface area contributed by atoms with E-state index in [0.717, 1.165) is 10.0 Å². The van der Waals surface area contributed by atoms with Crippen LogP contribution in [0.4, 0.5) is 0 Å². The molecule has 0 unspecified atom stereocenters. The summed E-state index contributed by atoms with van der Waals surface area (Å²) in [6.45, 7) is 0. The molecule has 0 bridgehead atoms. The number of ketones is 1. The minimum atomic E-state index is -0.518. The van der Waals surface area contributed by atoms with Gasteiger partial charge in [0.15, 0.2) is 0 Å². The largest absolute Gasteiger partial charge is 0.298 e. The van der Waals surface area contributed by atoms with Crippen LogP contribution in [0.2, 0.25) is 0 Å². The van der Waals surface area contributed by atoms with Crippen LogP contribution in [-0.2, 0) is 11.2 Å². The standard InChI is InChI=1S/C10H7Br2ClO2/c11-5-8(14)4-7-3-6(10(13)15)1-2-9(7)12/h1-3H,4-5H2. The highest BCUT2D eigenvalue weighted by molar-refractivity contribution is 9.10. The van der Waals surface area contributed by atoms with Crippen molar-refractivity contribution in [2.45, 2.75) is 6.42 Å². The summed E-state index contributed by atoms with van der Waals surface area (Å²) >= 11 is 11.8. The fourth-order valence-electron chi connectivity index (χ4n) is 1.09. The van der Waals surface area contributed by atoms with Crippen molar-refractivity contribution in [1.29, 1.82) is 0 Å². The molecule has 0 aliphatic rings. The molecule has 0 aliphatic carbocycles. The second-order valence-electron chi connectivity index (χ2n) is 2.93. The number of alkyl halides is 1. The molecule has 0 amide bonds. The van der Waals surface area contributed by atoms with Gasteiger partial charge in [-0.15, -0.1) is 0 Å². The summed E-state index contributed by atoms with van der Waals surface area (Å²) in [5.74, 6) is 0.0508. The topological polar surface area (TPSA) is 34.1 Å². The van der Waals surface area contributed by atoms with Gasteiger partial charge < -0.3 is 0 Å². The van der Waals surface area contributed by atoms with E-state index in [0.29, 0.717) is 10.9 Å². The van der Waals surface area contributed by atoms with Crippen LogP contribution in [-0.4, -0.2) is 16.4 Å². The van der Waals surface area contributed by atoms with Crippen LogP contribution in [0.15, 0.2) is 22.7 Å². The van der Waals surface area contributed by atoms with Crippen LogP contribution in [0.25, 0.3) is 0 Å². The minimum Gasteiger partial charge on any atom is -0.298 e. The molecule has 0 radical (unpaired) electrons. The molecule has 80 valence electrons. The summed E-state index contributed by atoms with van der Waals surface area (Å²) in [5, 5.41) is -0.214. The zero-order valence-corrected chi connectivity index (χ0v) is 11.5. The number of hydrogen-bond donors (Lipinski definition) is 0. The van der Waals surface area contributed by atoms with E-state index in [1.807, 2.05) is 0 Å². The molecule has 0 aromatic heterocycles. The Morgan fingerprint density at radius 2 is 2.00 bits per heavy atom. The Morgan fingerprint density at radius 3 is 2.53 bits per heavy atom. The molecule has 0 atom stereocenters. The molecule has 1 aromatic carbocycles. The van der Waals surface area contributed by atoms with E-state index in [1.54, 1.807) is 18.2 Å². The van der Waals surface area contributed by atoms with Gasteiger partial charge in [-0.05, 0) is 35.4 Å². The van der Waals surface area contributed by atoms with E-state index in [1.165, 1.54) is 0 Å². The van der Waals surface area contributed by atoms with Crippen molar-refractivity contribution in [2.75, 3.05) is 5.33 Å². The van der Waals surface area contributed by atoms with Gasteiger partial charge in [0.25, 0.3) is 5.24 Å². The van der Waals surface area contributed by atoms with Gasteiger partial charge in [-0.1, -0.05) is 31.9 Å². The SMILES string of the molecule is O=C(CBr)Cc1cc(C(=O)Cl)ccc1Br. The van der Waals surface area contributed by atoms with Crippen LogP contribution in [0, 0.1) is 0 Å². The maximum absolute atomic E-state index is 11.2. The summed E-state index contributed by atoms with van der Waals surface area (Å²) in [5.41, 5.74) is 1.17. The van der Waals surface area contributed by atoms with Gasteiger partial charge in [0.1, 0.15) is 5.78 Å². The van der Waals surface area contributed by atoms with Gasteiger partial charge in [-0.3, -0.25) is 9.59 Å². The number of carbonyl (C=O) groups is 2. The molecule has 0 spiro atoms. The molecule has 0 aliphatic heterocycles. The Kier molecular flexibility index (Phi) is 4.96. The highest BCUT2D eigenvalue weighted by Gasteiger charge is 2.09. The molecule has 5 heteroatoms. The summed E-state index contributed by atoms with van der Waals surface area (Å²) < 4.78 is 0.804. The third kappa shape index (κ3) is 3.70. The smallest absolute Gasteiger partial charge is 0.252 e. The normalized spacial score (nSPS) is 10.1. The van der Waals surface area contributed by atoms with Crippen molar-refractivity contribution in [2.24, 2.45) is 0 Å². The number of carbonyl (C=O) groups excluding carboxylic acids is 2. The van der Waals surface area contributed by atoms with Crippen LogP contribution < -0.4 is 0 Å². The van der Waals surface area contributed by atoms with Gasteiger partial charge in [0, 0.05) is 16.5 Å². The third-order valence-corrected chi connectivity index (χ3v) is 3.43. The average Bonchev–Trinajstić information content (AvgIpc) is 2.20. The first-order valence-corrected chi connectivity index (χ1v) is 6.39. The Bertz CT molecular complexity index is 404. The predicted octanol–water partition coefficient (Wildman–Crippen LogP) is 3.33. The quantitative estimate of drug-likeness (QED) is 0.614. The molecular weight excluding hydrogens is 347 g/mol. The minimum absolute atomic E-state index is 0.0508. The van der Waals surface area contributed by atoms with Gasteiger partial charge in [0.05, 0.1) is 5.33 Å². The van der Waals surface area contributed by atoms with Gasteiger partial charge >= 0.3 is 0 Å². The molecule has 0 heterocycles. The molecular formula is C10H7Br2ClO2. The van der Waals surface area contributed by atoms with Crippen LogP contribution in [0.1, 0.15) is 15.9 Å². The molecule has 1 rings (SSSR count). The van der Waals surface area contributed by atoms with E-state index >= 15 is 0 Å². The van der Waals surface area contributed by atoms with Gasteiger partial charge in [-0.25, -0.2) is 0 Å². The lowest BCUT2D eigenvalue weighted by molar-refractivity contribution is -0.115. The lowest BCUT2D eigenvalue weighted by Crippen LogP contribution is -2.05. The van der Waals surface area contributed by atoms with E-state index in [4.69, 9.17) is 11.6 Å². The number of halogens is 3. The number of hydrogen-bond acceptors (Lipinski definition) is 2. The predicted molar refractivity (Wildman–Crippen MR) is 66.8 cm³/mol. The monoisotopic (exact) mass is 352 g/mol. The highest BCUT2D eigenvalue weighted by Crippen LogP contribution is 2.20. The molecule has 0 fully saturated rings. The molecule has 0 N–H and O–H groups in total. The molecule has 15 heavy (non-hydrogen) atoms. The summed E-state index contributed by atoms with van der Waals surface area (Å²) in [6, 6.07) is 4.95. The first-order chi connectivity index (χ1) is 7.04. The highest BCUT2D eigenvalue weighted by atomic mass is 79.9. The van der Waals surface area contributed by atoms with Crippen LogP contribution in [0.3, 0.4) is 0 Å². The first kappa shape index (κ1) is 12.9. The van der Waals surface area contributed by atoms with E-state index in [2.05, 4.69) is 31.9 Å². The first-order valence-electron chi connectivity index (χ1n) is 4.10. The van der Waals surface area contributed by atoms with E-state index < -0.39 is 5.24 Å². The number of benzene rings is 1. The number of Topliss-reactive ketones (excluding diaryl/α,β-unsaturated/α-hetero) is 1. The summed E-state index contributed by atoms with van der Waals surface area (Å²) in [4.78, 5) is 22.1. The average molecular weight is 354 g/mol. The molecule has 1 aromatic rings. The zero-order chi connectivity index (χ0) is 11.4. The van der Waals surface area contributed by atoms with E-state index in [9.17, 15) is 9.59 Å². The second-order valence-corrected chi connectivity index (χ2v) is 4.69. The fourth-order valence-corrected chi connectivity index (χ4v) is 1.79. The van der Waals surface area contributed by atoms with Crippen molar-refractivity contribution in [3.8, 4) is 0 Å². The maximum Gasteiger partial charge on any atom is 0.252 e. The Labute approximate surface area is 109 Å². The second kappa shape index (κ2) is 5.77. The summed E-state index contributed by atoms with van der Waals surface area (Å²) in [7, 11) is 0.